The maximum atomic E-state index is 12.3. The van der Waals surface area contributed by atoms with Gasteiger partial charge in [0.25, 0.3) is 5.91 Å². The highest BCUT2D eigenvalue weighted by Crippen LogP contribution is 2.21. The van der Waals surface area contributed by atoms with Gasteiger partial charge < -0.3 is 10.6 Å². The summed E-state index contributed by atoms with van der Waals surface area (Å²) in [5.74, 6) is 0.257. The van der Waals surface area contributed by atoms with Crippen LogP contribution >= 0.6 is 23.4 Å². The lowest BCUT2D eigenvalue weighted by molar-refractivity contribution is -0.122. The molecule has 0 saturated heterocycles. The molecule has 0 unspecified atom stereocenters. The summed E-state index contributed by atoms with van der Waals surface area (Å²) in [6.07, 6.45) is 0. The van der Waals surface area contributed by atoms with E-state index >= 15 is 0 Å². The van der Waals surface area contributed by atoms with Crippen LogP contribution in [0.3, 0.4) is 0 Å². The maximum Gasteiger partial charge on any atom is 0.251 e. The van der Waals surface area contributed by atoms with Crippen LogP contribution < -0.4 is 10.6 Å². The molecule has 0 saturated carbocycles. The van der Waals surface area contributed by atoms with Crippen LogP contribution in [0.1, 0.15) is 15.9 Å². The molecule has 26 heavy (non-hydrogen) atoms. The van der Waals surface area contributed by atoms with Crippen molar-refractivity contribution in [3.63, 3.8) is 0 Å². The topological polar surface area (TPSA) is 82.0 Å². The third kappa shape index (κ3) is 6.10. The number of carbonyl (C=O) groups is 2. The summed E-state index contributed by atoms with van der Waals surface area (Å²) in [6, 6.07) is 17.3. The van der Waals surface area contributed by atoms with Crippen LogP contribution in [0.2, 0.25) is 5.02 Å². The van der Waals surface area contributed by atoms with E-state index in [1.165, 1.54) is 11.8 Å². The molecule has 2 aromatic carbocycles. The smallest absolute Gasteiger partial charge is 0.251 e. The Morgan fingerprint density at radius 3 is 2.50 bits per heavy atom. The van der Waals surface area contributed by atoms with E-state index < -0.39 is 6.04 Å². The summed E-state index contributed by atoms with van der Waals surface area (Å²) in [7, 11) is 0. The van der Waals surface area contributed by atoms with Crippen molar-refractivity contribution in [1.29, 1.82) is 5.26 Å². The minimum absolute atomic E-state index is 0.105. The fourth-order valence-electron chi connectivity index (χ4n) is 2.17. The zero-order valence-corrected chi connectivity index (χ0v) is 15.5. The Morgan fingerprint density at radius 2 is 1.81 bits per heavy atom. The number of nitriles is 1. The highest BCUT2D eigenvalue weighted by molar-refractivity contribution is 7.98. The summed E-state index contributed by atoms with van der Waals surface area (Å²) in [4.78, 5) is 24.6. The van der Waals surface area contributed by atoms with Gasteiger partial charge in [-0.05, 0) is 23.8 Å². The molecule has 0 bridgehead atoms. The third-order valence-corrected chi connectivity index (χ3v) is 4.95. The number of halogens is 1. The maximum absolute atomic E-state index is 12.3. The summed E-state index contributed by atoms with van der Waals surface area (Å²) < 4.78 is 0. The van der Waals surface area contributed by atoms with Crippen molar-refractivity contribution < 1.29 is 9.59 Å². The van der Waals surface area contributed by atoms with Crippen molar-refractivity contribution in [3.8, 4) is 6.07 Å². The summed E-state index contributed by atoms with van der Waals surface area (Å²) >= 11 is 7.62. The molecule has 5 nitrogen and oxygen atoms in total. The molecule has 0 aliphatic heterocycles. The molecule has 2 rings (SSSR count). The van der Waals surface area contributed by atoms with Crippen LogP contribution in [-0.2, 0) is 10.5 Å². The molecule has 0 radical (unpaired) electrons. The number of carbonyl (C=O) groups excluding carboxylic acids is 2. The zero-order chi connectivity index (χ0) is 18.8. The Kier molecular flexibility index (Phi) is 8.00. The first kappa shape index (κ1) is 19.8. The Labute approximate surface area is 161 Å². The van der Waals surface area contributed by atoms with Crippen molar-refractivity contribution in [3.05, 3.63) is 70.7 Å². The second-order valence-corrected chi connectivity index (χ2v) is 6.81. The molecule has 1 atom stereocenters. The molecule has 0 aliphatic carbocycles. The Balaban J connectivity index is 1.99. The monoisotopic (exact) mass is 387 g/mol. The molecule has 0 fully saturated rings. The number of amides is 2. The predicted octanol–water partition coefficient (Wildman–Crippen LogP) is 3.01. The van der Waals surface area contributed by atoms with Gasteiger partial charge in [0.1, 0.15) is 12.6 Å². The lowest BCUT2D eigenvalue weighted by Gasteiger charge is -2.17. The average molecular weight is 388 g/mol. The fraction of sp³-hybridized carbons (Fsp3) is 0.211. The molecule has 0 aliphatic rings. The van der Waals surface area contributed by atoms with Gasteiger partial charge in [0.15, 0.2) is 0 Å². The number of nitrogens with one attached hydrogen (secondary N) is 2. The minimum Gasteiger partial charge on any atom is -0.341 e. The Hall–Kier alpha value is -2.49. The van der Waals surface area contributed by atoms with E-state index in [2.05, 4.69) is 10.6 Å². The van der Waals surface area contributed by atoms with E-state index in [4.69, 9.17) is 16.9 Å². The Morgan fingerprint density at radius 1 is 1.12 bits per heavy atom. The molecule has 2 N–H and O–H groups in total. The van der Waals surface area contributed by atoms with Gasteiger partial charge in [-0.1, -0.05) is 48.0 Å². The van der Waals surface area contributed by atoms with Gasteiger partial charge in [-0.25, -0.2) is 0 Å². The SMILES string of the molecule is N#CCNC(=O)[C@H](CSCc1ccccc1Cl)NC(=O)c1ccccc1. The number of thioether (sulfide) groups is 1. The van der Waals surface area contributed by atoms with Crippen molar-refractivity contribution >= 4 is 35.2 Å². The van der Waals surface area contributed by atoms with E-state index in [9.17, 15) is 9.59 Å². The first-order chi connectivity index (χ1) is 12.6. The van der Waals surface area contributed by atoms with E-state index in [-0.39, 0.29) is 18.4 Å². The number of nitrogens with zero attached hydrogens (tertiary/aromatic N) is 1. The van der Waals surface area contributed by atoms with Gasteiger partial charge >= 0.3 is 0 Å². The van der Waals surface area contributed by atoms with Crippen molar-refractivity contribution in [1.82, 2.24) is 10.6 Å². The number of hydrogen-bond acceptors (Lipinski definition) is 4. The molecule has 0 heterocycles. The second kappa shape index (κ2) is 10.5. The van der Waals surface area contributed by atoms with Crippen LogP contribution in [0.5, 0.6) is 0 Å². The van der Waals surface area contributed by atoms with E-state index in [1.807, 2.05) is 36.4 Å². The first-order valence-corrected chi connectivity index (χ1v) is 9.47. The minimum atomic E-state index is -0.747. The average Bonchev–Trinajstić information content (AvgIpc) is 2.67. The quantitative estimate of drug-likeness (QED) is 0.682. The van der Waals surface area contributed by atoms with E-state index in [0.29, 0.717) is 22.1 Å². The van der Waals surface area contributed by atoms with Gasteiger partial charge in [-0.2, -0.15) is 17.0 Å². The van der Waals surface area contributed by atoms with Crippen molar-refractivity contribution in [2.24, 2.45) is 0 Å². The van der Waals surface area contributed by atoms with Crippen LogP contribution in [0.15, 0.2) is 54.6 Å². The highest BCUT2D eigenvalue weighted by Gasteiger charge is 2.21. The molecule has 0 aromatic heterocycles. The molecule has 2 amide bonds. The number of benzene rings is 2. The fourth-order valence-corrected chi connectivity index (χ4v) is 3.51. The standard InChI is InChI=1S/C19H18ClN3O2S/c20-16-9-5-4-8-15(16)12-26-13-17(19(25)22-11-10-21)23-18(24)14-6-2-1-3-7-14/h1-9,17H,11-13H2,(H,22,25)(H,23,24)/t17-/m0/s1. The zero-order valence-electron chi connectivity index (χ0n) is 13.9. The van der Waals surface area contributed by atoms with Crippen LogP contribution in [0.4, 0.5) is 0 Å². The molecule has 0 spiro atoms. The molecule has 7 heteroatoms. The summed E-state index contributed by atoms with van der Waals surface area (Å²) in [6.45, 7) is -0.105. The van der Waals surface area contributed by atoms with Gasteiger partial charge in [-0.15, -0.1) is 0 Å². The molecular formula is C19H18ClN3O2S. The van der Waals surface area contributed by atoms with Crippen molar-refractivity contribution in [2.45, 2.75) is 11.8 Å². The predicted molar refractivity (Wildman–Crippen MR) is 104 cm³/mol. The van der Waals surface area contributed by atoms with Crippen LogP contribution in [0, 0.1) is 11.3 Å². The second-order valence-electron chi connectivity index (χ2n) is 5.37. The van der Waals surface area contributed by atoms with Crippen LogP contribution in [0.25, 0.3) is 0 Å². The van der Waals surface area contributed by atoms with E-state index in [1.54, 1.807) is 24.3 Å². The van der Waals surface area contributed by atoms with Crippen LogP contribution in [-0.4, -0.2) is 30.2 Å². The molecule has 134 valence electrons. The summed E-state index contributed by atoms with van der Waals surface area (Å²) in [5, 5.41) is 14.5. The highest BCUT2D eigenvalue weighted by atomic mass is 35.5. The normalized spacial score (nSPS) is 11.2. The number of hydrogen-bond donors (Lipinski definition) is 2. The van der Waals surface area contributed by atoms with Gasteiger partial charge in [0.2, 0.25) is 5.91 Å². The molecular weight excluding hydrogens is 370 g/mol. The number of rotatable bonds is 8. The lowest BCUT2D eigenvalue weighted by Crippen LogP contribution is -2.48. The summed E-state index contributed by atoms with van der Waals surface area (Å²) in [5.41, 5.74) is 1.44. The largest absolute Gasteiger partial charge is 0.341 e. The van der Waals surface area contributed by atoms with Gasteiger partial charge in [-0.3, -0.25) is 9.59 Å². The van der Waals surface area contributed by atoms with E-state index in [0.717, 1.165) is 5.56 Å². The first-order valence-electron chi connectivity index (χ1n) is 7.93. The third-order valence-electron chi connectivity index (χ3n) is 3.50. The Bertz CT molecular complexity index is 793. The lowest BCUT2D eigenvalue weighted by atomic mass is 10.2. The van der Waals surface area contributed by atoms with Gasteiger partial charge in [0.05, 0.1) is 6.07 Å². The molecule has 2 aromatic rings. The van der Waals surface area contributed by atoms with Gasteiger partial charge in [0, 0.05) is 22.1 Å². The van der Waals surface area contributed by atoms with Crippen molar-refractivity contribution in [2.75, 3.05) is 12.3 Å².